The van der Waals surface area contributed by atoms with Crippen LogP contribution in [0.15, 0.2) is 42.5 Å². The Balaban J connectivity index is 2.34. The second-order valence-corrected chi connectivity index (χ2v) is 7.02. The van der Waals surface area contributed by atoms with E-state index < -0.39 is 11.7 Å². The number of nitrogens with one attached hydrogen (secondary N) is 2. The molecule has 0 aliphatic carbocycles. The molecule has 0 radical (unpaired) electrons. The maximum atomic E-state index is 11.6. The van der Waals surface area contributed by atoms with Crippen molar-refractivity contribution in [3.05, 3.63) is 42.5 Å². The van der Waals surface area contributed by atoms with E-state index in [1.165, 1.54) is 13.0 Å². The molecule has 144 valence electrons. The third-order valence-electron chi connectivity index (χ3n) is 3.23. The number of unbranched alkanes of at least 4 members (excludes halogenated alkanes) is 1. The fraction of sp³-hybridized carbons (Fsp3) is 0.500. The zero-order chi connectivity index (χ0) is 19.4. The standard InChI is InChI=1S/C20H30N2O4/c1-16(23)13-14-18(26-22-17-10-6-5-7-11-17)12-8-9-15-21-19(24)25-20(2,3)4/h5-7,10-11,13-14,18,22H,8-9,12,15H2,1-4H3,(H,21,24)/b14-13+/t18-/m1/s1. The molecule has 0 aliphatic heterocycles. The smallest absolute Gasteiger partial charge is 0.407 e. The Morgan fingerprint density at radius 3 is 2.46 bits per heavy atom. The zero-order valence-electron chi connectivity index (χ0n) is 16.1. The summed E-state index contributed by atoms with van der Waals surface area (Å²) >= 11 is 0. The zero-order valence-corrected chi connectivity index (χ0v) is 16.1. The lowest BCUT2D eigenvalue weighted by Gasteiger charge is -2.19. The van der Waals surface area contributed by atoms with Gasteiger partial charge >= 0.3 is 6.09 Å². The van der Waals surface area contributed by atoms with Crippen LogP contribution in [0.3, 0.4) is 0 Å². The minimum Gasteiger partial charge on any atom is -0.444 e. The van der Waals surface area contributed by atoms with E-state index in [0.29, 0.717) is 6.54 Å². The molecule has 1 aromatic carbocycles. The summed E-state index contributed by atoms with van der Waals surface area (Å²) in [7, 11) is 0. The monoisotopic (exact) mass is 362 g/mol. The van der Waals surface area contributed by atoms with E-state index >= 15 is 0 Å². The van der Waals surface area contributed by atoms with Gasteiger partial charge in [-0.25, -0.2) is 4.79 Å². The molecule has 0 saturated heterocycles. The average molecular weight is 362 g/mol. The van der Waals surface area contributed by atoms with E-state index in [9.17, 15) is 9.59 Å². The van der Waals surface area contributed by atoms with Crippen LogP contribution in [0, 0.1) is 0 Å². The van der Waals surface area contributed by atoms with Crippen LogP contribution in [-0.2, 0) is 14.4 Å². The van der Waals surface area contributed by atoms with Gasteiger partial charge in [-0.1, -0.05) is 18.2 Å². The topological polar surface area (TPSA) is 76.7 Å². The summed E-state index contributed by atoms with van der Waals surface area (Å²) in [6.45, 7) is 7.52. The van der Waals surface area contributed by atoms with E-state index in [2.05, 4.69) is 10.8 Å². The van der Waals surface area contributed by atoms with Crippen LogP contribution in [0.4, 0.5) is 10.5 Å². The van der Waals surface area contributed by atoms with E-state index in [0.717, 1.165) is 24.9 Å². The van der Waals surface area contributed by atoms with Gasteiger partial charge in [0.2, 0.25) is 0 Å². The van der Waals surface area contributed by atoms with Crippen LogP contribution < -0.4 is 10.8 Å². The van der Waals surface area contributed by atoms with Gasteiger partial charge in [0.15, 0.2) is 5.78 Å². The highest BCUT2D eigenvalue weighted by atomic mass is 16.7. The summed E-state index contributed by atoms with van der Waals surface area (Å²) in [4.78, 5) is 28.4. The second kappa shape index (κ2) is 11.3. The third kappa shape index (κ3) is 11.3. The molecule has 1 rings (SSSR count). The molecule has 0 spiro atoms. The Hall–Kier alpha value is -2.34. The lowest BCUT2D eigenvalue weighted by molar-refractivity contribution is -0.112. The maximum absolute atomic E-state index is 11.6. The molecule has 0 bridgehead atoms. The molecule has 26 heavy (non-hydrogen) atoms. The average Bonchev–Trinajstić information content (AvgIpc) is 2.55. The molecule has 0 aromatic heterocycles. The Kier molecular flexibility index (Phi) is 9.44. The van der Waals surface area contributed by atoms with E-state index in [4.69, 9.17) is 9.57 Å². The predicted molar refractivity (Wildman–Crippen MR) is 103 cm³/mol. The first kappa shape index (κ1) is 21.7. The first-order valence-electron chi connectivity index (χ1n) is 8.88. The molecule has 0 saturated carbocycles. The summed E-state index contributed by atoms with van der Waals surface area (Å²) in [5.41, 5.74) is 3.25. The second-order valence-electron chi connectivity index (χ2n) is 7.02. The summed E-state index contributed by atoms with van der Waals surface area (Å²) in [6.07, 6.45) is 4.96. The van der Waals surface area contributed by atoms with Crippen LogP contribution in [0.2, 0.25) is 0 Å². The Morgan fingerprint density at radius 2 is 1.85 bits per heavy atom. The molecule has 1 amide bonds. The summed E-state index contributed by atoms with van der Waals surface area (Å²) in [5.74, 6) is -0.0232. The van der Waals surface area contributed by atoms with Crippen molar-refractivity contribution in [2.24, 2.45) is 0 Å². The number of hydrogen-bond donors (Lipinski definition) is 2. The number of amides is 1. The van der Waals surface area contributed by atoms with E-state index in [-0.39, 0.29) is 11.9 Å². The van der Waals surface area contributed by atoms with Crippen LogP contribution >= 0.6 is 0 Å². The Morgan fingerprint density at radius 1 is 1.15 bits per heavy atom. The van der Waals surface area contributed by atoms with Crippen molar-refractivity contribution in [2.45, 2.75) is 58.7 Å². The molecule has 0 heterocycles. The van der Waals surface area contributed by atoms with Crippen molar-refractivity contribution in [3.63, 3.8) is 0 Å². The minimum absolute atomic E-state index is 0.0232. The molecule has 0 aliphatic rings. The lowest BCUT2D eigenvalue weighted by Crippen LogP contribution is -2.33. The largest absolute Gasteiger partial charge is 0.444 e. The molecule has 0 fully saturated rings. The number of carbonyl (C=O) groups is 2. The summed E-state index contributed by atoms with van der Waals surface area (Å²) in [5, 5.41) is 2.73. The predicted octanol–water partition coefficient (Wildman–Crippen LogP) is 4.24. The van der Waals surface area contributed by atoms with Crippen LogP contribution in [0.25, 0.3) is 0 Å². The Labute approximate surface area is 155 Å². The van der Waals surface area contributed by atoms with Gasteiger partial charge in [-0.3, -0.25) is 15.1 Å². The van der Waals surface area contributed by atoms with Crippen molar-refractivity contribution in [2.75, 3.05) is 12.0 Å². The van der Waals surface area contributed by atoms with Crippen LogP contribution in [0.1, 0.15) is 47.0 Å². The maximum Gasteiger partial charge on any atom is 0.407 e. The van der Waals surface area contributed by atoms with Gasteiger partial charge in [-0.05, 0) is 71.2 Å². The van der Waals surface area contributed by atoms with E-state index in [1.807, 2.05) is 51.1 Å². The number of para-hydroxylation sites is 1. The third-order valence-corrected chi connectivity index (χ3v) is 3.23. The first-order valence-corrected chi connectivity index (χ1v) is 8.88. The van der Waals surface area contributed by atoms with Crippen molar-refractivity contribution < 1.29 is 19.2 Å². The lowest BCUT2D eigenvalue weighted by atomic mass is 10.1. The number of anilines is 1. The molecular formula is C20H30N2O4. The number of rotatable bonds is 10. The number of hydrogen-bond acceptors (Lipinski definition) is 5. The first-order chi connectivity index (χ1) is 12.3. The fourth-order valence-corrected chi connectivity index (χ4v) is 2.06. The van der Waals surface area contributed by atoms with Gasteiger partial charge in [-0.15, -0.1) is 0 Å². The molecule has 6 heteroatoms. The fourth-order valence-electron chi connectivity index (χ4n) is 2.06. The minimum atomic E-state index is -0.496. The number of carbonyl (C=O) groups excluding carboxylic acids is 2. The Bertz CT molecular complexity index is 579. The van der Waals surface area contributed by atoms with Crippen molar-refractivity contribution in [1.29, 1.82) is 0 Å². The molecular weight excluding hydrogens is 332 g/mol. The molecule has 6 nitrogen and oxygen atoms in total. The summed E-state index contributed by atoms with van der Waals surface area (Å²) < 4.78 is 5.18. The number of ether oxygens (including phenoxy) is 1. The van der Waals surface area contributed by atoms with E-state index in [1.54, 1.807) is 6.08 Å². The van der Waals surface area contributed by atoms with Gasteiger partial charge in [0.25, 0.3) is 0 Å². The molecule has 2 N–H and O–H groups in total. The highest BCUT2D eigenvalue weighted by Gasteiger charge is 2.15. The van der Waals surface area contributed by atoms with Gasteiger partial charge < -0.3 is 10.1 Å². The van der Waals surface area contributed by atoms with Crippen molar-refractivity contribution in [1.82, 2.24) is 5.32 Å². The molecule has 0 unspecified atom stereocenters. The van der Waals surface area contributed by atoms with Crippen molar-refractivity contribution >= 4 is 17.6 Å². The van der Waals surface area contributed by atoms with Gasteiger partial charge in [0, 0.05) is 6.54 Å². The highest BCUT2D eigenvalue weighted by Crippen LogP contribution is 2.11. The van der Waals surface area contributed by atoms with Crippen molar-refractivity contribution in [3.8, 4) is 0 Å². The quantitative estimate of drug-likeness (QED) is 0.370. The molecule has 1 atom stereocenters. The summed E-state index contributed by atoms with van der Waals surface area (Å²) in [6, 6.07) is 9.55. The number of benzene rings is 1. The SMILES string of the molecule is CC(=O)/C=C/[C@@H](CCCCNC(=O)OC(C)(C)C)ONc1ccccc1. The number of alkyl carbamates (subject to hydrolysis) is 1. The van der Waals surface area contributed by atoms with Crippen LogP contribution in [-0.4, -0.2) is 30.1 Å². The van der Waals surface area contributed by atoms with Gasteiger partial charge in [0.05, 0.1) is 5.69 Å². The van der Waals surface area contributed by atoms with Gasteiger partial charge in [-0.2, -0.15) is 0 Å². The molecule has 1 aromatic rings. The number of ketones is 1. The van der Waals surface area contributed by atoms with Gasteiger partial charge in [0.1, 0.15) is 11.7 Å². The number of allylic oxidation sites excluding steroid dienone is 1. The van der Waals surface area contributed by atoms with Crippen LogP contribution in [0.5, 0.6) is 0 Å². The normalized spacial score (nSPS) is 12.6. The highest BCUT2D eigenvalue weighted by molar-refractivity contribution is 5.87.